The molecule has 1 atom stereocenters. The molecule has 1 aromatic carbocycles. The number of halogens is 4. The summed E-state index contributed by atoms with van der Waals surface area (Å²) >= 11 is 0. The van der Waals surface area contributed by atoms with Crippen molar-refractivity contribution in [3.63, 3.8) is 0 Å². The highest BCUT2D eigenvalue weighted by molar-refractivity contribution is 5.95. The molecule has 5 nitrogen and oxygen atoms in total. The Labute approximate surface area is 129 Å². The highest BCUT2D eigenvalue weighted by Crippen LogP contribution is 2.21. The van der Waals surface area contributed by atoms with Gasteiger partial charge < -0.3 is 14.9 Å². The van der Waals surface area contributed by atoms with Crippen LogP contribution in [0, 0.1) is 23.3 Å². The summed E-state index contributed by atoms with van der Waals surface area (Å²) in [6, 6.07) is 0.0285. The largest absolute Gasteiger partial charge is 0.384 e. The lowest BCUT2D eigenvalue weighted by Gasteiger charge is -2.35. The summed E-state index contributed by atoms with van der Waals surface area (Å²) in [6.45, 7) is 1.22. The fourth-order valence-electron chi connectivity index (χ4n) is 2.31. The first-order valence-corrected chi connectivity index (χ1v) is 6.83. The quantitative estimate of drug-likeness (QED) is 0.646. The number of aliphatic hydroxyl groups excluding tert-OH is 1. The van der Waals surface area contributed by atoms with E-state index in [9.17, 15) is 32.3 Å². The van der Waals surface area contributed by atoms with Gasteiger partial charge in [0.1, 0.15) is 11.7 Å². The second-order valence-corrected chi connectivity index (χ2v) is 5.14. The van der Waals surface area contributed by atoms with Crippen molar-refractivity contribution >= 4 is 11.8 Å². The number of hydrogen-bond acceptors (Lipinski definition) is 3. The lowest BCUT2D eigenvalue weighted by Crippen LogP contribution is -2.52. The maximum absolute atomic E-state index is 13.6. The van der Waals surface area contributed by atoms with E-state index in [4.69, 9.17) is 0 Å². The molecule has 0 aromatic heterocycles. The van der Waals surface area contributed by atoms with Crippen molar-refractivity contribution in [1.82, 2.24) is 9.80 Å². The fraction of sp³-hybridized carbons (Fsp3) is 0.429. The van der Waals surface area contributed by atoms with Crippen LogP contribution < -0.4 is 0 Å². The average Bonchev–Trinajstić information content (AvgIpc) is 2.52. The Bertz CT molecular complexity index is 617. The molecule has 0 spiro atoms. The fourth-order valence-corrected chi connectivity index (χ4v) is 2.31. The number of hydrogen-bond donors (Lipinski definition) is 1. The van der Waals surface area contributed by atoms with Crippen LogP contribution in [0.15, 0.2) is 6.07 Å². The summed E-state index contributed by atoms with van der Waals surface area (Å²) in [5.74, 6) is -8.55. The zero-order chi connectivity index (χ0) is 17.3. The van der Waals surface area contributed by atoms with Gasteiger partial charge in [0.05, 0.1) is 0 Å². The number of amides is 2. The minimum absolute atomic E-state index is 0.0285. The van der Waals surface area contributed by atoms with Gasteiger partial charge in [0.15, 0.2) is 23.3 Å². The molecular formula is C14H14F4N2O3. The monoisotopic (exact) mass is 334 g/mol. The molecule has 0 aliphatic carbocycles. The van der Waals surface area contributed by atoms with Crippen molar-refractivity contribution in [2.45, 2.75) is 13.0 Å². The van der Waals surface area contributed by atoms with E-state index in [-0.39, 0.29) is 32.2 Å². The Morgan fingerprint density at radius 1 is 1.00 bits per heavy atom. The van der Waals surface area contributed by atoms with E-state index in [0.717, 1.165) is 4.90 Å². The average molecular weight is 334 g/mol. The van der Waals surface area contributed by atoms with Crippen molar-refractivity contribution < 1.29 is 32.3 Å². The Hall–Kier alpha value is -2.16. The number of rotatable bonds is 2. The predicted octanol–water partition coefficient (Wildman–Crippen LogP) is 0.908. The van der Waals surface area contributed by atoms with E-state index in [2.05, 4.69) is 0 Å². The Balaban J connectivity index is 2.17. The van der Waals surface area contributed by atoms with E-state index in [1.54, 1.807) is 0 Å². The lowest BCUT2D eigenvalue weighted by molar-refractivity contribution is -0.140. The minimum Gasteiger partial charge on any atom is -0.384 e. The van der Waals surface area contributed by atoms with Crippen molar-refractivity contribution in [2.75, 3.05) is 26.2 Å². The third kappa shape index (κ3) is 3.29. The summed E-state index contributed by atoms with van der Waals surface area (Å²) in [4.78, 5) is 26.0. The molecule has 0 bridgehead atoms. The van der Waals surface area contributed by atoms with E-state index in [0.29, 0.717) is 0 Å². The van der Waals surface area contributed by atoms with Crippen molar-refractivity contribution in [3.8, 4) is 0 Å². The van der Waals surface area contributed by atoms with Crippen LogP contribution in [0.25, 0.3) is 0 Å². The topological polar surface area (TPSA) is 60.9 Å². The molecule has 2 rings (SSSR count). The molecule has 126 valence electrons. The van der Waals surface area contributed by atoms with Crippen LogP contribution in [-0.2, 0) is 4.79 Å². The number of benzene rings is 1. The standard InChI is InChI=1S/C14H14F4N2O3/c1-7(21)13(22)19-2-4-20(5-3-19)14(23)10-11(17)8(15)6-9(16)12(10)18/h6-7,21H,2-5H2,1H3/t7-/m1/s1. The van der Waals surface area contributed by atoms with E-state index in [1.165, 1.54) is 11.8 Å². The summed E-state index contributed by atoms with van der Waals surface area (Å²) in [5.41, 5.74) is -1.29. The maximum Gasteiger partial charge on any atom is 0.260 e. The normalized spacial score (nSPS) is 16.4. The Kier molecular flexibility index (Phi) is 4.88. The van der Waals surface area contributed by atoms with E-state index in [1.807, 2.05) is 0 Å². The zero-order valence-electron chi connectivity index (χ0n) is 12.2. The van der Waals surface area contributed by atoms with Crippen LogP contribution >= 0.6 is 0 Å². The predicted molar refractivity (Wildman–Crippen MR) is 70.4 cm³/mol. The number of nitrogens with zero attached hydrogens (tertiary/aromatic N) is 2. The molecule has 0 unspecified atom stereocenters. The number of piperazine rings is 1. The van der Waals surface area contributed by atoms with E-state index >= 15 is 0 Å². The van der Waals surface area contributed by atoms with E-state index < -0.39 is 46.8 Å². The molecule has 9 heteroatoms. The maximum atomic E-state index is 13.6. The molecule has 2 amide bonds. The van der Waals surface area contributed by atoms with Gasteiger partial charge in [-0.3, -0.25) is 9.59 Å². The van der Waals surface area contributed by atoms with Gasteiger partial charge >= 0.3 is 0 Å². The molecule has 1 heterocycles. The first kappa shape index (κ1) is 17.2. The molecule has 0 radical (unpaired) electrons. The molecule has 0 saturated carbocycles. The van der Waals surface area contributed by atoms with Gasteiger partial charge in [0, 0.05) is 32.2 Å². The smallest absolute Gasteiger partial charge is 0.260 e. The molecule has 1 N–H and O–H groups in total. The number of carbonyl (C=O) groups is 2. The van der Waals surface area contributed by atoms with Gasteiger partial charge in [-0.1, -0.05) is 0 Å². The summed E-state index contributed by atoms with van der Waals surface area (Å²) < 4.78 is 53.6. The molecule has 1 fully saturated rings. The Morgan fingerprint density at radius 3 is 1.87 bits per heavy atom. The van der Waals surface area contributed by atoms with Crippen molar-refractivity contribution in [2.24, 2.45) is 0 Å². The van der Waals surface area contributed by atoms with Crippen LogP contribution in [0.1, 0.15) is 17.3 Å². The molecule has 1 aliphatic heterocycles. The summed E-state index contributed by atoms with van der Waals surface area (Å²) in [7, 11) is 0. The summed E-state index contributed by atoms with van der Waals surface area (Å²) in [6.07, 6.45) is -1.20. The van der Waals surface area contributed by atoms with Gasteiger partial charge in [-0.05, 0) is 6.92 Å². The highest BCUT2D eigenvalue weighted by Gasteiger charge is 2.31. The first-order chi connectivity index (χ1) is 10.7. The minimum atomic E-state index is -1.75. The van der Waals surface area contributed by atoms with Crippen molar-refractivity contribution in [3.05, 3.63) is 34.9 Å². The van der Waals surface area contributed by atoms with Crippen LogP contribution in [-0.4, -0.2) is 59.0 Å². The SMILES string of the molecule is C[C@@H](O)C(=O)N1CCN(C(=O)c2c(F)c(F)cc(F)c2F)CC1. The van der Waals surface area contributed by atoms with Crippen LogP contribution in [0.5, 0.6) is 0 Å². The summed E-state index contributed by atoms with van der Waals surface area (Å²) in [5, 5.41) is 9.21. The van der Waals surface area contributed by atoms with Crippen LogP contribution in [0.2, 0.25) is 0 Å². The van der Waals surface area contributed by atoms with Gasteiger partial charge in [-0.2, -0.15) is 0 Å². The number of aliphatic hydroxyl groups is 1. The lowest BCUT2D eigenvalue weighted by atomic mass is 10.1. The van der Waals surface area contributed by atoms with Crippen molar-refractivity contribution in [1.29, 1.82) is 0 Å². The van der Waals surface area contributed by atoms with Gasteiger partial charge in [-0.25, -0.2) is 17.6 Å². The Morgan fingerprint density at radius 2 is 1.43 bits per heavy atom. The molecular weight excluding hydrogens is 320 g/mol. The van der Waals surface area contributed by atoms with Gasteiger partial charge in [-0.15, -0.1) is 0 Å². The van der Waals surface area contributed by atoms with Gasteiger partial charge in [0.25, 0.3) is 11.8 Å². The molecule has 1 aliphatic rings. The molecule has 1 saturated heterocycles. The van der Waals surface area contributed by atoms with Crippen LogP contribution in [0.4, 0.5) is 17.6 Å². The molecule has 1 aromatic rings. The zero-order valence-corrected chi connectivity index (χ0v) is 12.2. The van der Waals surface area contributed by atoms with Crippen LogP contribution in [0.3, 0.4) is 0 Å². The molecule has 23 heavy (non-hydrogen) atoms. The second kappa shape index (κ2) is 6.53. The third-order valence-electron chi connectivity index (χ3n) is 3.56. The number of carbonyl (C=O) groups excluding carboxylic acids is 2. The highest BCUT2D eigenvalue weighted by atomic mass is 19.2. The second-order valence-electron chi connectivity index (χ2n) is 5.14. The third-order valence-corrected chi connectivity index (χ3v) is 3.56. The van der Waals surface area contributed by atoms with Gasteiger partial charge in [0.2, 0.25) is 0 Å². The first-order valence-electron chi connectivity index (χ1n) is 6.83.